The zero-order valence-electron chi connectivity index (χ0n) is 15.4. The molecule has 0 amide bonds. The van der Waals surface area contributed by atoms with E-state index in [-0.39, 0.29) is 11.6 Å². The van der Waals surface area contributed by atoms with Gasteiger partial charge in [0.2, 0.25) is 0 Å². The van der Waals surface area contributed by atoms with Crippen LogP contribution in [0.3, 0.4) is 0 Å². The molecule has 142 valence electrons. The molecule has 0 heterocycles. The van der Waals surface area contributed by atoms with E-state index in [1.54, 1.807) is 42.5 Å². The molecule has 0 saturated heterocycles. The Hall–Kier alpha value is -3.01. The number of ketones is 1. The number of hydrogen-bond donors (Lipinski definition) is 0. The third kappa shape index (κ3) is 4.11. The summed E-state index contributed by atoms with van der Waals surface area (Å²) >= 11 is 0. The second-order valence-electron chi connectivity index (χ2n) is 7.47. The molecule has 2 aliphatic rings. The first-order valence-corrected chi connectivity index (χ1v) is 9.52. The average molecular weight is 376 g/mol. The van der Waals surface area contributed by atoms with Gasteiger partial charge in [0.25, 0.3) is 0 Å². The van der Waals surface area contributed by atoms with Crippen molar-refractivity contribution in [1.29, 1.82) is 0 Å². The quantitative estimate of drug-likeness (QED) is 0.305. The minimum absolute atomic E-state index is 0.225. The van der Waals surface area contributed by atoms with Gasteiger partial charge in [0, 0.05) is 5.56 Å². The van der Waals surface area contributed by atoms with Crippen LogP contribution in [0, 0.1) is 23.6 Å². The highest BCUT2D eigenvalue weighted by molar-refractivity contribution is 6.07. The molecule has 2 aliphatic carbocycles. The number of allylic oxidation sites excluding steroid dienone is 3. The van der Waals surface area contributed by atoms with Gasteiger partial charge in [0.05, 0.1) is 12.2 Å². The molecule has 2 bridgehead atoms. The number of carbonyl (C=O) groups excluding carboxylic acids is 2. The average Bonchev–Trinajstić information content (AvgIpc) is 3.35. The van der Waals surface area contributed by atoms with Crippen LogP contribution in [-0.4, -0.2) is 18.4 Å². The third-order valence-corrected chi connectivity index (χ3v) is 5.52. The zero-order valence-corrected chi connectivity index (χ0v) is 15.4. The van der Waals surface area contributed by atoms with E-state index in [0.29, 0.717) is 35.5 Å². The van der Waals surface area contributed by atoms with Crippen molar-refractivity contribution in [3.8, 4) is 0 Å². The zero-order chi connectivity index (χ0) is 19.5. The van der Waals surface area contributed by atoms with Crippen LogP contribution in [0.2, 0.25) is 0 Å². The van der Waals surface area contributed by atoms with Gasteiger partial charge in [-0.15, -0.1) is 0 Å². The maximum atomic E-state index is 12.9. The number of halogens is 1. The van der Waals surface area contributed by atoms with Crippen molar-refractivity contribution in [2.24, 2.45) is 17.8 Å². The summed E-state index contributed by atoms with van der Waals surface area (Å²) < 4.78 is 18.4. The molecular weight excluding hydrogens is 355 g/mol. The third-order valence-electron chi connectivity index (χ3n) is 5.52. The number of ether oxygens (including phenoxy) is 1. The summed E-state index contributed by atoms with van der Waals surface area (Å²) in [4.78, 5) is 24.8. The minimum Gasteiger partial charge on any atom is -0.462 e. The van der Waals surface area contributed by atoms with E-state index in [1.165, 1.54) is 24.6 Å². The molecular formula is C24H21FO3. The van der Waals surface area contributed by atoms with Crippen LogP contribution < -0.4 is 0 Å². The summed E-state index contributed by atoms with van der Waals surface area (Å²) in [6.45, 7) is 0.424. The molecule has 28 heavy (non-hydrogen) atoms. The molecule has 2 aromatic carbocycles. The smallest absolute Gasteiger partial charge is 0.338 e. The predicted molar refractivity (Wildman–Crippen MR) is 105 cm³/mol. The van der Waals surface area contributed by atoms with E-state index in [1.807, 2.05) is 0 Å². The van der Waals surface area contributed by atoms with Gasteiger partial charge in [0.1, 0.15) is 5.82 Å². The predicted octanol–water partition coefficient (Wildman–Crippen LogP) is 5.09. The van der Waals surface area contributed by atoms with Gasteiger partial charge in [-0.1, -0.05) is 42.5 Å². The molecule has 0 aliphatic heterocycles. The standard InChI is InChI=1S/C24H21FO3/c25-22-9-5-16(6-10-22)7-11-23(26)19-2-1-3-20(14-19)24(27)28-15-21-13-17-4-8-18(21)12-17/h1-11,14,17-18,21H,12-13,15H2. The second-order valence-corrected chi connectivity index (χ2v) is 7.47. The lowest BCUT2D eigenvalue weighted by atomic mass is 9.94. The fourth-order valence-corrected chi connectivity index (χ4v) is 3.99. The fraction of sp³-hybridized carbons (Fsp3) is 0.250. The van der Waals surface area contributed by atoms with Gasteiger partial charge in [-0.2, -0.15) is 0 Å². The summed E-state index contributed by atoms with van der Waals surface area (Å²) in [6, 6.07) is 12.4. The van der Waals surface area contributed by atoms with Crippen molar-refractivity contribution in [2.45, 2.75) is 12.8 Å². The fourth-order valence-electron chi connectivity index (χ4n) is 3.99. The van der Waals surface area contributed by atoms with Crippen LogP contribution in [0.15, 0.2) is 66.8 Å². The van der Waals surface area contributed by atoms with E-state index in [0.717, 1.165) is 12.0 Å². The van der Waals surface area contributed by atoms with Crippen LogP contribution in [0.5, 0.6) is 0 Å². The second kappa shape index (κ2) is 7.93. The van der Waals surface area contributed by atoms with Gasteiger partial charge in [-0.25, -0.2) is 9.18 Å². The monoisotopic (exact) mass is 376 g/mol. The van der Waals surface area contributed by atoms with Crippen molar-refractivity contribution in [3.63, 3.8) is 0 Å². The summed E-state index contributed by atoms with van der Waals surface area (Å²) in [5.74, 6) is 0.629. The summed E-state index contributed by atoms with van der Waals surface area (Å²) in [5.41, 5.74) is 1.51. The number of benzene rings is 2. The molecule has 2 aromatic rings. The molecule has 0 spiro atoms. The number of fused-ring (bicyclic) bond motifs is 2. The van der Waals surface area contributed by atoms with Crippen LogP contribution in [0.4, 0.5) is 4.39 Å². The molecule has 4 heteroatoms. The molecule has 3 unspecified atom stereocenters. The van der Waals surface area contributed by atoms with Crippen molar-refractivity contribution in [2.75, 3.05) is 6.61 Å². The van der Waals surface area contributed by atoms with Crippen molar-refractivity contribution < 1.29 is 18.7 Å². The van der Waals surface area contributed by atoms with E-state index in [9.17, 15) is 14.0 Å². The first-order valence-electron chi connectivity index (χ1n) is 9.52. The highest BCUT2D eigenvalue weighted by Gasteiger charge is 2.36. The van der Waals surface area contributed by atoms with E-state index >= 15 is 0 Å². The van der Waals surface area contributed by atoms with Crippen molar-refractivity contribution >= 4 is 17.8 Å². The van der Waals surface area contributed by atoms with Gasteiger partial charge in [-0.3, -0.25) is 4.79 Å². The molecule has 0 aromatic heterocycles. The molecule has 1 saturated carbocycles. The molecule has 3 nitrogen and oxygen atoms in total. The Morgan fingerprint density at radius 2 is 1.82 bits per heavy atom. The Morgan fingerprint density at radius 3 is 2.54 bits per heavy atom. The topological polar surface area (TPSA) is 43.4 Å². The van der Waals surface area contributed by atoms with E-state index in [2.05, 4.69) is 12.2 Å². The largest absolute Gasteiger partial charge is 0.462 e. The Kier molecular flexibility index (Phi) is 5.20. The lowest BCUT2D eigenvalue weighted by Gasteiger charge is -2.17. The normalized spacial score (nSPS) is 22.7. The maximum absolute atomic E-state index is 12.9. The van der Waals surface area contributed by atoms with E-state index < -0.39 is 5.97 Å². The van der Waals surface area contributed by atoms with Gasteiger partial charge in [0.15, 0.2) is 5.78 Å². The number of hydrogen-bond acceptors (Lipinski definition) is 3. The molecule has 4 rings (SSSR count). The highest BCUT2D eigenvalue weighted by atomic mass is 19.1. The maximum Gasteiger partial charge on any atom is 0.338 e. The first-order chi connectivity index (χ1) is 13.6. The van der Waals surface area contributed by atoms with Crippen LogP contribution in [-0.2, 0) is 4.74 Å². The van der Waals surface area contributed by atoms with Gasteiger partial charge < -0.3 is 4.74 Å². The number of rotatable bonds is 6. The SMILES string of the molecule is O=C(C=Cc1ccc(F)cc1)c1cccc(C(=O)OCC2CC3C=CC2C3)c1. The molecule has 3 atom stereocenters. The number of esters is 1. The lowest BCUT2D eigenvalue weighted by Crippen LogP contribution is -2.18. The molecule has 0 N–H and O–H groups in total. The number of carbonyl (C=O) groups is 2. The molecule has 1 fully saturated rings. The Labute approximate surface area is 163 Å². The highest BCUT2D eigenvalue weighted by Crippen LogP contribution is 2.43. The van der Waals surface area contributed by atoms with Crippen LogP contribution in [0.25, 0.3) is 6.08 Å². The summed E-state index contributed by atoms with van der Waals surface area (Å²) in [6.07, 6.45) is 9.79. The van der Waals surface area contributed by atoms with Gasteiger partial charge >= 0.3 is 5.97 Å². The Morgan fingerprint density at radius 1 is 1.04 bits per heavy atom. The Balaban J connectivity index is 1.37. The van der Waals surface area contributed by atoms with Crippen LogP contribution >= 0.6 is 0 Å². The summed E-state index contributed by atoms with van der Waals surface area (Å²) in [5, 5.41) is 0. The van der Waals surface area contributed by atoms with Crippen molar-refractivity contribution in [3.05, 3.63) is 89.3 Å². The van der Waals surface area contributed by atoms with Gasteiger partial charge in [-0.05, 0) is 66.5 Å². The minimum atomic E-state index is -0.399. The van der Waals surface area contributed by atoms with Crippen molar-refractivity contribution in [1.82, 2.24) is 0 Å². The molecule has 0 radical (unpaired) electrons. The van der Waals surface area contributed by atoms with Crippen LogP contribution in [0.1, 0.15) is 39.1 Å². The summed E-state index contributed by atoms with van der Waals surface area (Å²) in [7, 11) is 0. The van der Waals surface area contributed by atoms with E-state index in [4.69, 9.17) is 4.74 Å². The first kappa shape index (κ1) is 18.4. The lowest BCUT2D eigenvalue weighted by molar-refractivity contribution is 0.0420. The Bertz CT molecular complexity index is 943.